The molecule has 0 radical (unpaired) electrons. The van der Waals surface area contributed by atoms with Crippen molar-refractivity contribution in [2.24, 2.45) is 5.41 Å². The molecule has 1 aromatic carbocycles. The summed E-state index contributed by atoms with van der Waals surface area (Å²) in [5.74, 6) is 1.11. The monoisotopic (exact) mass is 383 g/mol. The van der Waals surface area contributed by atoms with Crippen LogP contribution in [0.3, 0.4) is 0 Å². The number of unbranched alkanes of at least 4 members (excludes halogenated alkanes) is 1. The molecule has 2 fully saturated rings. The minimum absolute atomic E-state index is 0.0507. The fraction of sp³-hybridized carbons (Fsp3) is 0.571. The zero-order chi connectivity index (χ0) is 20.1. The van der Waals surface area contributed by atoms with Crippen LogP contribution in [0.1, 0.15) is 51.6 Å². The van der Waals surface area contributed by atoms with Gasteiger partial charge in [-0.15, -0.1) is 0 Å². The third-order valence-corrected chi connectivity index (χ3v) is 6.20. The van der Waals surface area contributed by atoms with E-state index >= 15 is 0 Å². The van der Waals surface area contributed by atoms with Crippen LogP contribution in [0.25, 0.3) is 0 Å². The summed E-state index contributed by atoms with van der Waals surface area (Å²) in [5.41, 5.74) is -0.0596. The molecule has 0 aliphatic carbocycles. The molecule has 2 amide bonds. The molecule has 0 bridgehead atoms. The van der Waals surface area contributed by atoms with Gasteiger partial charge in [0.15, 0.2) is 11.5 Å². The van der Waals surface area contributed by atoms with Crippen molar-refractivity contribution < 1.29 is 19.1 Å². The molecule has 28 heavy (non-hydrogen) atoms. The van der Waals surface area contributed by atoms with Gasteiger partial charge < -0.3 is 19.3 Å². The first kappa shape index (κ1) is 18.6. The van der Waals surface area contributed by atoms with Crippen molar-refractivity contribution in [2.75, 3.05) is 13.3 Å². The molecular formula is C21H25N3O4. The lowest BCUT2D eigenvalue weighted by atomic mass is 9.79. The zero-order valence-corrected chi connectivity index (χ0v) is 16.5. The molecular weight excluding hydrogens is 358 g/mol. The van der Waals surface area contributed by atoms with Crippen LogP contribution >= 0.6 is 0 Å². The third kappa shape index (κ3) is 2.62. The van der Waals surface area contributed by atoms with Crippen LogP contribution in [0, 0.1) is 16.7 Å². The largest absolute Gasteiger partial charge is 0.454 e. The number of nitrogens with zero attached hydrogens (tertiary/aromatic N) is 3. The summed E-state index contributed by atoms with van der Waals surface area (Å²) < 4.78 is 10.9. The zero-order valence-electron chi connectivity index (χ0n) is 16.5. The minimum atomic E-state index is -0.857. The fourth-order valence-electron chi connectivity index (χ4n) is 4.67. The second kappa shape index (κ2) is 6.69. The lowest BCUT2D eigenvalue weighted by Crippen LogP contribution is -2.62. The molecule has 3 aliphatic heterocycles. The van der Waals surface area contributed by atoms with Crippen molar-refractivity contribution in [1.29, 1.82) is 5.26 Å². The Morgan fingerprint density at radius 3 is 2.71 bits per heavy atom. The molecule has 4 rings (SSSR count). The van der Waals surface area contributed by atoms with Gasteiger partial charge in [-0.2, -0.15) is 5.26 Å². The Balaban J connectivity index is 1.74. The Bertz CT molecular complexity index is 864. The Morgan fingerprint density at radius 2 is 2.00 bits per heavy atom. The molecule has 4 atom stereocenters. The molecule has 1 unspecified atom stereocenters. The van der Waals surface area contributed by atoms with Gasteiger partial charge in [0, 0.05) is 6.54 Å². The van der Waals surface area contributed by atoms with E-state index in [1.807, 2.05) is 19.1 Å². The molecule has 7 nitrogen and oxygen atoms in total. The number of piperazine rings is 1. The highest BCUT2D eigenvalue weighted by atomic mass is 16.7. The number of fused-ring (bicyclic) bond motifs is 2. The number of nitriles is 1. The molecule has 1 aromatic rings. The first-order chi connectivity index (χ1) is 13.4. The van der Waals surface area contributed by atoms with Crippen molar-refractivity contribution in [3.05, 3.63) is 23.8 Å². The molecule has 2 saturated heterocycles. The second-order valence-electron chi connectivity index (χ2n) is 8.07. The number of carbonyl (C=O) groups excluding carboxylic acids is 2. The first-order valence-electron chi connectivity index (χ1n) is 9.84. The summed E-state index contributed by atoms with van der Waals surface area (Å²) in [7, 11) is 0. The van der Waals surface area contributed by atoms with E-state index in [0.29, 0.717) is 24.5 Å². The molecule has 0 spiro atoms. The molecule has 148 valence electrons. The van der Waals surface area contributed by atoms with E-state index in [0.717, 1.165) is 18.4 Å². The Labute approximate surface area is 164 Å². The van der Waals surface area contributed by atoms with Crippen molar-refractivity contribution >= 4 is 11.8 Å². The second-order valence-corrected chi connectivity index (χ2v) is 8.07. The summed E-state index contributed by atoms with van der Waals surface area (Å²) in [6.45, 7) is 6.41. The molecule has 0 aromatic heterocycles. The van der Waals surface area contributed by atoms with Crippen molar-refractivity contribution in [3.63, 3.8) is 0 Å². The third-order valence-electron chi connectivity index (χ3n) is 6.20. The van der Waals surface area contributed by atoms with Crippen molar-refractivity contribution in [2.45, 2.75) is 58.2 Å². The topological polar surface area (TPSA) is 82.9 Å². The van der Waals surface area contributed by atoms with E-state index in [1.165, 1.54) is 0 Å². The van der Waals surface area contributed by atoms with Crippen LogP contribution in [-0.2, 0) is 9.59 Å². The van der Waals surface area contributed by atoms with E-state index in [1.54, 1.807) is 22.8 Å². The van der Waals surface area contributed by atoms with Crippen LogP contribution < -0.4 is 9.47 Å². The van der Waals surface area contributed by atoms with Crippen molar-refractivity contribution in [1.82, 2.24) is 9.80 Å². The number of amides is 2. The Morgan fingerprint density at radius 1 is 1.25 bits per heavy atom. The summed E-state index contributed by atoms with van der Waals surface area (Å²) in [6, 6.07) is 6.27. The number of carbonyl (C=O) groups is 2. The van der Waals surface area contributed by atoms with Gasteiger partial charge in [-0.1, -0.05) is 19.4 Å². The quantitative estimate of drug-likeness (QED) is 0.798. The van der Waals surface area contributed by atoms with Crippen molar-refractivity contribution in [3.8, 4) is 17.6 Å². The lowest BCUT2D eigenvalue weighted by Gasteiger charge is -2.43. The maximum atomic E-state index is 13.3. The number of hydrogen-bond acceptors (Lipinski definition) is 5. The van der Waals surface area contributed by atoms with E-state index in [-0.39, 0.29) is 18.6 Å². The van der Waals surface area contributed by atoms with Gasteiger partial charge in [0.05, 0.1) is 17.5 Å². The van der Waals surface area contributed by atoms with Crippen LogP contribution in [0.5, 0.6) is 11.5 Å². The standard InChI is InChI=1S/C21H25N3O4/c1-4-5-8-23-13(2)19(25)24-15(20(23)26)10-21(3,11-22)18(24)14-6-7-16-17(9-14)28-12-27-16/h6-7,9,13,15,18H,4-5,8,10,12H2,1-3H3/t13-,15+,18?,21-/m1/s1. The van der Waals surface area contributed by atoms with Gasteiger partial charge >= 0.3 is 0 Å². The van der Waals surface area contributed by atoms with Crippen LogP contribution in [0.4, 0.5) is 0 Å². The number of ether oxygens (including phenoxy) is 2. The highest BCUT2D eigenvalue weighted by Gasteiger charge is 2.59. The summed E-state index contributed by atoms with van der Waals surface area (Å²) in [5, 5.41) is 9.97. The number of hydrogen-bond donors (Lipinski definition) is 0. The van der Waals surface area contributed by atoms with E-state index < -0.39 is 23.5 Å². The molecule has 3 heterocycles. The molecule has 7 heteroatoms. The van der Waals surface area contributed by atoms with Crippen LogP contribution in [-0.4, -0.2) is 47.0 Å². The average molecular weight is 383 g/mol. The molecule has 3 aliphatic rings. The van der Waals surface area contributed by atoms with Gasteiger partial charge in [-0.05, 0) is 44.4 Å². The predicted molar refractivity (Wildman–Crippen MR) is 100 cm³/mol. The lowest BCUT2D eigenvalue weighted by molar-refractivity contribution is -0.160. The van der Waals surface area contributed by atoms with E-state index in [2.05, 4.69) is 13.0 Å². The summed E-state index contributed by atoms with van der Waals surface area (Å²) in [6.07, 6.45) is 2.15. The summed E-state index contributed by atoms with van der Waals surface area (Å²) >= 11 is 0. The number of benzene rings is 1. The molecule has 0 saturated carbocycles. The maximum absolute atomic E-state index is 13.3. The summed E-state index contributed by atoms with van der Waals surface area (Å²) in [4.78, 5) is 29.9. The maximum Gasteiger partial charge on any atom is 0.246 e. The van der Waals surface area contributed by atoms with Crippen LogP contribution in [0.2, 0.25) is 0 Å². The van der Waals surface area contributed by atoms with E-state index in [4.69, 9.17) is 9.47 Å². The SMILES string of the molecule is CCCCN1C(=O)[C@@H]2C[C@](C)(C#N)C(c3ccc4c(c3)OCO4)N2C(=O)[C@H]1C. The Kier molecular flexibility index (Phi) is 4.45. The fourth-order valence-corrected chi connectivity index (χ4v) is 4.67. The molecule has 0 N–H and O–H groups in total. The Hall–Kier alpha value is -2.75. The highest BCUT2D eigenvalue weighted by molar-refractivity contribution is 5.98. The van der Waals surface area contributed by atoms with Gasteiger partial charge in [-0.25, -0.2) is 0 Å². The van der Waals surface area contributed by atoms with Gasteiger partial charge in [0.25, 0.3) is 0 Å². The highest BCUT2D eigenvalue weighted by Crippen LogP contribution is 2.52. The van der Waals surface area contributed by atoms with Gasteiger partial charge in [0.1, 0.15) is 12.1 Å². The van der Waals surface area contributed by atoms with Gasteiger partial charge in [0.2, 0.25) is 18.6 Å². The first-order valence-corrected chi connectivity index (χ1v) is 9.84. The van der Waals surface area contributed by atoms with Gasteiger partial charge in [-0.3, -0.25) is 9.59 Å². The predicted octanol–water partition coefficient (Wildman–Crippen LogP) is 2.62. The normalized spacial score (nSPS) is 31.1. The average Bonchev–Trinajstić information content (AvgIpc) is 3.28. The minimum Gasteiger partial charge on any atom is -0.454 e. The number of rotatable bonds is 4. The van der Waals surface area contributed by atoms with E-state index in [9.17, 15) is 14.9 Å². The smallest absolute Gasteiger partial charge is 0.246 e. The van der Waals surface area contributed by atoms with Crippen LogP contribution in [0.15, 0.2) is 18.2 Å².